The third-order valence-electron chi connectivity index (χ3n) is 2.82. The highest BCUT2D eigenvalue weighted by atomic mass is 16.5. The molecule has 0 aliphatic heterocycles. The minimum absolute atomic E-state index is 0.0357. The standard InChI is InChI=1S/C13H12N4O3/c18-8-7-9-3-1-2-4-10(9)20-12-6-5-11-14-15-13(19)17(11)16-12/h1-6,18H,7-8H2,(H,15,19). The molecule has 0 unspecified atom stereocenters. The average molecular weight is 272 g/mol. The molecule has 3 rings (SSSR count). The molecule has 2 aromatic heterocycles. The fraction of sp³-hybridized carbons (Fsp3) is 0.154. The van der Waals surface area contributed by atoms with Crippen LogP contribution in [0.4, 0.5) is 0 Å². The maximum Gasteiger partial charge on any atom is 0.364 e. The molecule has 0 spiro atoms. The second-order valence-corrected chi connectivity index (χ2v) is 4.15. The van der Waals surface area contributed by atoms with Crippen molar-refractivity contribution in [1.82, 2.24) is 19.8 Å². The first kappa shape index (κ1) is 12.4. The van der Waals surface area contributed by atoms with E-state index in [4.69, 9.17) is 9.84 Å². The monoisotopic (exact) mass is 272 g/mol. The fourth-order valence-electron chi connectivity index (χ4n) is 1.88. The number of fused-ring (bicyclic) bond motifs is 1. The molecule has 7 nitrogen and oxygen atoms in total. The van der Waals surface area contributed by atoms with Gasteiger partial charge in [-0.05, 0) is 24.1 Å². The highest BCUT2D eigenvalue weighted by Crippen LogP contribution is 2.23. The number of nitrogens with zero attached hydrogens (tertiary/aromatic N) is 3. The van der Waals surface area contributed by atoms with Crippen LogP contribution in [-0.4, -0.2) is 31.5 Å². The number of nitrogens with one attached hydrogen (secondary N) is 1. The number of ether oxygens (including phenoxy) is 1. The lowest BCUT2D eigenvalue weighted by molar-refractivity contribution is 0.297. The molecule has 2 heterocycles. The Kier molecular flexibility index (Phi) is 3.18. The van der Waals surface area contributed by atoms with E-state index in [1.807, 2.05) is 18.2 Å². The molecule has 3 aromatic rings. The highest BCUT2D eigenvalue weighted by Gasteiger charge is 2.07. The second kappa shape index (κ2) is 5.14. The first-order chi connectivity index (χ1) is 9.78. The van der Waals surface area contributed by atoms with E-state index in [2.05, 4.69) is 15.3 Å². The molecule has 0 saturated carbocycles. The Labute approximate surface area is 113 Å². The summed E-state index contributed by atoms with van der Waals surface area (Å²) < 4.78 is 6.80. The number of benzene rings is 1. The van der Waals surface area contributed by atoms with Crippen LogP contribution in [0, 0.1) is 0 Å². The molecule has 0 amide bonds. The van der Waals surface area contributed by atoms with E-state index in [-0.39, 0.29) is 12.5 Å². The topological polar surface area (TPSA) is 92.5 Å². The zero-order valence-electron chi connectivity index (χ0n) is 10.5. The summed E-state index contributed by atoms with van der Waals surface area (Å²) in [6.07, 6.45) is 0.490. The third kappa shape index (κ3) is 2.26. The second-order valence-electron chi connectivity index (χ2n) is 4.15. The van der Waals surface area contributed by atoms with Crippen LogP contribution in [0.3, 0.4) is 0 Å². The zero-order chi connectivity index (χ0) is 13.9. The van der Waals surface area contributed by atoms with Gasteiger partial charge in [0, 0.05) is 12.7 Å². The van der Waals surface area contributed by atoms with Gasteiger partial charge >= 0.3 is 5.69 Å². The van der Waals surface area contributed by atoms with Crippen molar-refractivity contribution in [1.29, 1.82) is 0 Å². The van der Waals surface area contributed by atoms with Crippen molar-refractivity contribution in [2.75, 3.05) is 6.61 Å². The Bertz CT molecular complexity index is 793. The molecule has 0 saturated heterocycles. The highest BCUT2D eigenvalue weighted by molar-refractivity contribution is 5.39. The summed E-state index contributed by atoms with van der Waals surface area (Å²) in [4.78, 5) is 11.4. The van der Waals surface area contributed by atoms with Gasteiger partial charge in [0.05, 0.1) is 0 Å². The number of aromatic amines is 1. The molecular formula is C13H12N4O3. The van der Waals surface area contributed by atoms with Crippen molar-refractivity contribution >= 4 is 5.65 Å². The van der Waals surface area contributed by atoms with Crippen molar-refractivity contribution < 1.29 is 9.84 Å². The van der Waals surface area contributed by atoms with Gasteiger partial charge in [-0.2, -0.15) is 9.61 Å². The molecule has 0 aliphatic carbocycles. The lowest BCUT2D eigenvalue weighted by Gasteiger charge is -2.09. The summed E-state index contributed by atoms with van der Waals surface area (Å²) >= 11 is 0. The third-order valence-corrected chi connectivity index (χ3v) is 2.82. The Hall–Kier alpha value is -2.67. The summed E-state index contributed by atoms with van der Waals surface area (Å²) in [5.41, 5.74) is 0.872. The van der Waals surface area contributed by atoms with E-state index < -0.39 is 5.69 Å². The number of H-pyrrole nitrogens is 1. The Morgan fingerprint density at radius 2 is 2.10 bits per heavy atom. The molecule has 0 aliphatic rings. The zero-order valence-corrected chi connectivity index (χ0v) is 10.5. The smallest absolute Gasteiger partial charge is 0.364 e. The molecule has 0 atom stereocenters. The van der Waals surface area contributed by atoms with Crippen LogP contribution in [0.5, 0.6) is 11.6 Å². The quantitative estimate of drug-likeness (QED) is 0.731. The van der Waals surface area contributed by atoms with Gasteiger partial charge in [-0.3, -0.25) is 0 Å². The molecule has 0 radical (unpaired) electrons. The number of para-hydroxylation sites is 1. The molecule has 20 heavy (non-hydrogen) atoms. The number of hydrogen-bond donors (Lipinski definition) is 2. The van der Waals surface area contributed by atoms with Crippen molar-refractivity contribution in [2.45, 2.75) is 6.42 Å². The van der Waals surface area contributed by atoms with Crippen LogP contribution in [0.15, 0.2) is 41.2 Å². The Balaban J connectivity index is 1.96. The first-order valence-electron chi connectivity index (χ1n) is 6.09. The van der Waals surface area contributed by atoms with E-state index in [0.29, 0.717) is 17.8 Å². The van der Waals surface area contributed by atoms with Crippen LogP contribution < -0.4 is 10.4 Å². The number of hydrogen-bond acceptors (Lipinski definition) is 5. The Morgan fingerprint density at radius 1 is 1.25 bits per heavy atom. The van der Waals surface area contributed by atoms with Crippen LogP contribution >= 0.6 is 0 Å². The van der Waals surface area contributed by atoms with Crippen LogP contribution in [0.25, 0.3) is 5.65 Å². The van der Waals surface area contributed by atoms with Gasteiger partial charge in [-0.15, -0.1) is 5.10 Å². The van der Waals surface area contributed by atoms with Gasteiger partial charge in [0.15, 0.2) is 5.65 Å². The van der Waals surface area contributed by atoms with Crippen LogP contribution in [0.1, 0.15) is 5.56 Å². The summed E-state index contributed by atoms with van der Waals surface area (Å²) in [7, 11) is 0. The average Bonchev–Trinajstić information content (AvgIpc) is 2.83. The van der Waals surface area contributed by atoms with Crippen LogP contribution in [-0.2, 0) is 6.42 Å². The maximum absolute atomic E-state index is 11.4. The molecule has 0 bridgehead atoms. The lowest BCUT2D eigenvalue weighted by Crippen LogP contribution is -2.12. The van der Waals surface area contributed by atoms with E-state index in [1.165, 1.54) is 0 Å². The van der Waals surface area contributed by atoms with Crippen molar-refractivity contribution in [3.63, 3.8) is 0 Å². The van der Waals surface area contributed by atoms with Gasteiger partial charge in [-0.1, -0.05) is 18.2 Å². The number of aliphatic hydroxyl groups excluding tert-OH is 1. The molecule has 1 aromatic carbocycles. The summed E-state index contributed by atoms with van der Waals surface area (Å²) in [5.74, 6) is 0.885. The minimum Gasteiger partial charge on any atom is -0.437 e. The fourth-order valence-corrected chi connectivity index (χ4v) is 1.88. The van der Waals surface area contributed by atoms with Gasteiger partial charge in [0.25, 0.3) is 0 Å². The first-order valence-corrected chi connectivity index (χ1v) is 6.09. The van der Waals surface area contributed by atoms with Crippen molar-refractivity contribution in [2.24, 2.45) is 0 Å². The molecule has 2 N–H and O–H groups in total. The molecule has 102 valence electrons. The van der Waals surface area contributed by atoms with Gasteiger partial charge in [0.1, 0.15) is 5.75 Å². The van der Waals surface area contributed by atoms with Crippen molar-refractivity contribution in [3.05, 3.63) is 52.4 Å². The predicted octanol–water partition coefficient (Wildman–Crippen LogP) is 0.745. The number of aliphatic hydroxyl groups is 1. The molecular weight excluding hydrogens is 260 g/mol. The van der Waals surface area contributed by atoms with E-state index in [0.717, 1.165) is 10.1 Å². The summed E-state index contributed by atoms with van der Waals surface area (Å²) in [6, 6.07) is 10.6. The van der Waals surface area contributed by atoms with E-state index >= 15 is 0 Å². The summed E-state index contributed by atoms with van der Waals surface area (Å²) in [5, 5.41) is 19.2. The van der Waals surface area contributed by atoms with Gasteiger partial charge < -0.3 is 9.84 Å². The van der Waals surface area contributed by atoms with Crippen LogP contribution in [0.2, 0.25) is 0 Å². The van der Waals surface area contributed by atoms with Gasteiger partial charge in [-0.25, -0.2) is 9.89 Å². The van der Waals surface area contributed by atoms with Gasteiger partial charge in [0.2, 0.25) is 5.88 Å². The van der Waals surface area contributed by atoms with Crippen molar-refractivity contribution in [3.8, 4) is 11.6 Å². The van der Waals surface area contributed by atoms with E-state index in [9.17, 15) is 4.79 Å². The maximum atomic E-state index is 11.4. The minimum atomic E-state index is -0.422. The molecule has 7 heteroatoms. The predicted molar refractivity (Wildman–Crippen MR) is 70.9 cm³/mol. The largest absolute Gasteiger partial charge is 0.437 e. The number of aromatic nitrogens is 4. The molecule has 0 fully saturated rings. The summed E-state index contributed by atoms with van der Waals surface area (Å²) in [6.45, 7) is 0.0357. The Morgan fingerprint density at radius 3 is 2.95 bits per heavy atom. The normalized spacial score (nSPS) is 10.8. The van der Waals surface area contributed by atoms with E-state index in [1.54, 1.807) is 18.2 Å². The number of rotatable bonds is 4. The lowest BCUT2D eigenvalue weighted by atomic mass is 10.1. The SMILES string of the molecule is O=c1[nH]nc2ccc(Oc3ccccc3CCO)nn12.